The summed E-state index contributed by atoms with van der Waals surface area (Å²) in [5.41, 5.74) is 1.84. The number of sulfonamides is 1. The number of aromatic amines is 1. The zero-order valence-corrected chi connectivity index (χ0v) is 12.3. The van der Waals surface area contributed by atoms with Gasteiger partial charge in [-0.2, -0.15) is 10.4 Å². The Bertz CT molecular complexity index is 924. The van der Waals surface area contributed by atoms with E-state index in [1.54, 1.807) is 6.92 Å². The molecule has 112 valence electrons. The van der Waals surface area contributed by atoms with Gasteiger partial charge in [-0.25, -0.2) is 8.42 Å². The van der Waals surface area contributed by atoms with Crippen molar-refractivity contribution in [3.63, 3.8) is 0 Å². The number of nitrogens with one attached hydrogen (secondary N) is 3. The number of rotatable bonds is 3. The highest BCUT2D eigenvalue weighted by atomic mass is 32.2. The maximum absolute atomic E-state index is 12.4. The lowest BCUT2D eigenvalue weighted by molar-refractivity contribution is -0.115. The second-order valence-electron chi connectivity index (χ2n) is 4.83. The van der Waals surface area contributed by atoms with Crippen molar-refractivity contribution in [1.82, 2.24) is 10.2 Å². The third-order valence-corrected chi connectivity index (χ3v) is 4.64. The normalized spacial score (nSPS) is 13.4. The molecule has 0 unspecified atom stereocenters. The number of aromatic nitrogens is 2. The summed E-state index contributed by atoms with van der Waals surface area (Å²) in [5, 5.41) is 18.0. The first kappa shape index (κ1) is 14.1. The molecule has 8 nitrogen and oxygen atoms in total. The van der Waals surface area contributed by atoms with E-state index in [1.807, 2.05) is 6.07 Å². The van der Waals surface area contributed by atoms with Crippen LogP contribution >= 0.6 is 0 Å². The molecule has 1 aliphatic rings. The summed E-state index contributed by atoms with van der Waals surface area (Å²) in [4.78, 5) is 11.3. The number of carbonyl (C=O) groups is 1. The average molecular weight is 317 g/mol. The van der Waals surface area contributed by atoms with Crippen molar-refractivity contribution in [2.45, 2.75) is 18.2 Å². The van der Waals surface area contributed by atoms with Gasteiger partial charge in [0, 0.05) is 5.69 Å². The van der Waals surface area contributed by atoms with Crippen molar-refractivity contribution in [3.05, 3.63) is 35.0 Å². The molecule has 3 N–H and O–H groups in total. The van der Waals surface area contributed by atoms with E-state index in [-0.39, 0.29) is 28.6 Å². The first-order valence-corrected chi connectivity index (χ1v) is 7.79. The van der Waals surface area contributed by atoms with Crippen LogP contribution in [0.15, 0.2) is 23.1 Å². The highest BCUT2D eigenvalue weighted by molar-refractivity contribution is 7.92. The second kappa shape index (κ2) is 4.85. The van der Waals surface area contributed by atoms with Crippen molar-refractivity contribution in [2.75, 3.05) is 10.0 Å². The van der Waals surface area contributed by atoms with Crippen LogP contribution in [0.2, 0.25) is 0 Å². The maximum atomic E-state index is 12.4. The van der Waals surface area contributed by atoms with Crippen LogP contribution < -0.4 is 10.0 Å². The summed E-state index contributed by atoms with van der Waals surface area (Å²) < 4.78 is 27.0. The third kappa shape index (κ3) is 2.29. The predicted molar refractivity (Wildman–Crippen MR) is 77.6 cm³/mol. The van der Waals surface area contributed by atoms with Gasteiger partial charge in [-0.05, 0) is 30.7 Å². The Kier molecular flexibility index (Phi) is 3.11. The Labute approximate surface area is 126 Å². The zero-order chi connectivity index (χ0) is 15.9. The van der Waals surface area contributed by atoms with Gasteiger partial charge in [0.15, 0.2) is 5.82 Å². The summed E-state index contributed by atoms with van der Waals surface area (Å²) in [6.45, 7) is 1.62. The Morgan fingerprint density at radius 1 is 1.41 bits per heavy atom. The van der Waals surface area contributed by atoms with E-state index in [0.717, 1.165) is 0 Å². The van der Waals surface area contributed by atoms with Gasteiger partial charge in [-0.3, -0.25) is 14.6 Å². The number of amides is 1. The second-order valence-corrected chi connectivity index (χ2v) is 6.52. The number of hydrogen-bond donors (Lipinski definition) is 3. The Balaban J connectivity index is 1.96. The lowest BCUT2D eigenvalue weighted by Gasteiger charge is -2.07. The topological polar surface area (TPSA) is 128 Å². The van der Waals surface area contributed by atoms with Crippen LogP contribution in [0.25, 0.3) is 0 Å². The van der Waals surface area contributed by atoms with Gasteiger partial charge in [0.1, 0.15) is 11.6 Å². The first-order chi connectivity index (χ1) is 10.4. The van der Waals surface area contributed by atoms with Gasteiger partial charge >= 0.3 is 0 Å². The van der Waals surface area contributed by atoms with Gasteiger partial charge in [-0.15, -0.1) is 0 Å². The Hall–Kier alpha value is -2.86. The molecule has 9 heteroatoms. The quantitative estimate of drug-likeness (QED) is 0.774. The molecular weight excluding hydrogens is 306 g/mol. The molecule has 3 rings (SSSR count). The molecule has 2 heterocycles. The van der Waals surface area contributed by atoms with Crippen LogP contribution in [0.1, 0.15) is 16.8 Å². The maximum Gasteiger partial charge on any atom is 0.263 e. The monoisotopic (exact) mass is 317 g/mol. The van der Waals surface area contributed by atoms with Crippen LogP contribution in [-0.2, 0) is 21.2 Å². The molecule has 2 aromatic rings. The highest BCUT2D eigenvalue weighted by Gasteiger charge is 2.23. The standard InChI is InChI=1S/C13H11N5O3S/c1-7-10(6-14)13(17-16-7)18-22(20,21)9-2-3-11-8(4-9)5-12(19)15-11/h2-4H,5H2,1H3,(H,15,19)(H2,16,17,18). The van der Waals surface area contributed by atoms with E-state index in [4.69, 9.17) is 5.26 Å². The molecule has 0 bridgehead atoms. The molecule has 1 aromatic heterocycles. The predicted octanol–water partition coefficient (Wildman–Crippen LogP) is 0.885. The minimum absolute atomic E-state index is 0.00675. The lowest BCUT2D eigenvalue weighted by Crippen LogP contribution is -2.14. The van der Waals surface area contributed by atoms with Crippen molar-refractivity contribution in [3.8, 4) is 6.07 Å². The van der Waals surface area contributed by atoms with E-state index in [1.165, 1.54) is 18.2 Å². The summed E-state index contributed by atoms with van der Waals surface area (Å²) in [7, 11) is -3.89. The molecule has 1 aliphatic heterocycles. The van der Waals surface area contributed by atoms with Crippen LogP contribution in [0, 0.1) is 18.3 Å². The molecule has 0 fully saturated rings. The Morgan fingerprint density at radius 2 is 2.18 bits per heavy atom. The van der Waals surface area contributed by atoms with Crippen molar-refractivity contribution >= 4 is 27.4 Å². The summed E-state index contributed by atoms with van der Waals surface area (Å²) in [6.07, 6.45) is 0.143. The van der Waals surface area contributed by atoms with Crippen LogP contribution in [-0.4, -0.2) is 24.5 Å². The average Bonchev–Trinajstić information content (AvgIpc) is 2.99. The van der Waals surface area contributed by atoms with Gasteiger partial charge in [0.25, 0.3) is 10.0 Å². The number of benzene rings is 1. The van der Waals surface area contributed by atoms with E-state index in [2.05, 4.69) is 20.2 Å². The van der Waals surface area contributed by atoms with Crippen LogP contribution in [0.5, 0.6) is 0 Å². The first-order valence-electron chi connectivity index (χ1n) is 6.31. The lowest BCUT2D eigenvalue weighted by atomic mass is 10.2. The molecule has 22 heavy (non-hydrogen) atoms. The third-order valence-electron chi connectivity index (χ3n) is 3.30. The summed E-state index contributed by atoms with van der Waals surface area (Å²) >= 11 is 0. The number of carbonyl (C=O) groups excluding carboxylic acids is 1. The van der Waals surface area contributed by atoms with Crippen LogP contribution in [0.4, 0.5) is 11.5 Å². The molecule has 0 spiro atoms. The number of aryl methyl sites for hydroxylation is 1. The number of nitriles is 1. The van der Waals surface area contributed by atoms with E-state index in [9.17, 15) is 13.2 Å². The van der Waals surface area contributed by atoms with Crippen LogP contribution in [0.3, 0.4) is 0 Å². The van der Waals surface area contributed by atoms with Gasteiger partial charge in [0.05, 0.1) is 17.0 Å². The highest BCUT2D eigenvalue weighted by Crippen LogP contribution is 2.27. The fraction of sp³-hybridized carbons (Fsp3) is 0.154. The molecular formula is C13H11N5O3S. The van der Waals surface area contributed by atoms with Crippen molar-refractivity contribution < 1.29 is 13.2 Å². The number of H-pyrrole nitrogens is 1. The van der Waals surface area contributed by atoms with E-state index in [0.29, 0.717) is 16.9 Å². The molecule has 0 saturated heterocycles. The number of fused-ring (bicyclic) bond motifs is 1. The van der Waals surface area contributed by atoms with Gasteiger partial charge < -0.3 is 5.32 Å². The number of anilines is 2. The smallest absolute Gasteiger partial charge is 0.263 e. The number of hydrogen-bond acceptors (Lipinski definition) is 5. The molecule has 0 saturated carbocycles. The fourth-order valence-electron chi connectivity index (χ4n) is 2.20. The molecule has 0 aliphatic carbocycles. The summed E-state index contributed by atoms with van der Waals surface area (Å²) in [6, 6.07) is 6.25. The summed E-state index contributed by atoms with van der Waals surface area (Å²) in [5.74, 6) is -0.220. The van der Waals surface area contributed by atoms with Crippen molar-refractivity contribution in [1.29, 1.82) is 5.26 Å². The van der Waals surface area contributed by atoms with Gasteiger partial charge in [0.2, 0.25) is 5.91 Å². The molecule has 0 radical (unpaired) electrons. The largest absolute Gasteiger partial charge is 0.326 e. The SMILES string of the molecule is Cc1[nH]nc(NS(=O)(=O)c2ccc3c(c2)CC(=O)N3)c1C#N. The van der Waals surface area contributed by atoms with Crippen molar-refractivity contribution in [2.24, 2.45) is 0 Å². The minimum Gasteiger partial charge on any atom is -0.326 e. The van der Waals surface area contributed by atoms with E-state index >= 15 is 0 Å². The van der Waals surface area contributed by atoms with Gasteiger partial charge in [-0.1, -0.05) is 0 Å². The molecule has 1 aromatic carbocycles. The fourth-order valence-corrected chi connectivity index (χ4v) is 3.26. The molecule has 0 atom stereocenters. The molecule has 1 amide bonds. The minimum atomic E-state index is -3.89. The number of nitrogens with zero attached hydrogens (tertiary/aromatic N) is 2. The Morgan fingerprint density at radius 3 is 2.91 bits per heavy atom. The zero-order valence-electron chi connectivity index (χ0n) is 11.5. The van der Waals surface area contributed by atoms with E-state index < -0.39 is 10.0 Å².